The first-order valence-corrected chi connectivity index (χ1v) is 8.02. The summed E-state index contributed by atoms with van der Waals surface area (Å²) in [5.41, 5.74) is 1.77. The predicted octanol–water partition coefficient (Wildman–Crippen LogP) is 2.66. The van der Waals surface area contributed by atoms with Crippen molar-refractivity contribution < 1.29 is 4.79 Å². The summed E-state index contributed by atoms with van der Waals surface area (Å²) in [5.74, 6) is 0.951. The molecule has 3 rings (SSSR count). The number of hydrogen-bond acceptors (Lipinski definition) is 3. The molecule has 1 aromatic carbocycles. The first-order valence-electron chi connectivity index (χ1n) is 7.64. The van der Waals surface area contributed by atoms with E-state index in [0.29, 0.717) is 11.6 Å². The molecule has 1 aromatic heterocycles. The number of H-pyrrole nitrogens is 1. The van der Waals surface area contributed by atoms with Gasteiger partial charge in [-0.15, -0.1) is 0 Å². The van der Waals surface area contributed by atoms with Gasteiger partial charge in [0.2, 0.25) is 5.91 Å². The van der Waals surface area contributed by atoms with Gasteiger partial charge in [-0.3, -0.25) is 9.69 Å². The van der Waals surface area contributed by atoms with Crippen molar-refractivity contribution in [3.8, 4) is 0 Å². The van der Waals surface area contributed by atoms with Crippen molar-refractivity contribution in [3.63, 3.8) is 0 Å². The minimum absolute atomic E-state index is 0.00225. The number of benzene rings is 1. The van der Waals surface area contributed by atoms with Crippen LogP contribution >= 0.6 is 11.6 Å². The van der Waals surface area contributed by atoms with Crippen molar-refractivity contribution in [2.24, 2.45) is 0 Å². The summed E-state index contributed by atoms with van der Waals surface area (Å²) in [6.45, 7) is 1.48. The van der Waals surface area contributed by atoms with Gasteiger partial charge >= 0.3 is 0 Å². The molecule has 1 aliphatic heterocycles. The zero-order chi connectivity index (χ0) is 15.7. The van der Waals surface area contributed by atoms with E-state index in [2.05, 4.69) is 14.9 Å². The number of amides is 1. The molecular weight excluding hydrogens is 300 g/mol. The third kappa shape index (κ3) is 3.10. The lowest BCUT2D eigenvalue weighted by Crippen LogP contribution is -2.47. The van der Waals surface area contributed by atoms with Crippen molar-refractivity contribution in [1.82, 2.24) is 19.8 Å². The van der Waals surface area contributed by atoms with Gasteiger partial charge in [-0.2, -0.15) is 0 Å². The highest BCUT2D eigenvalue weighted by atomic mass is 35.5. The van der Waals surface area contributed by atoms with Crippen LogP contribution in [0.15, 0.2) is 18.2 Å². The second-order valence-electron chi connectivity index (χ2n) is 6.03. The monoisotopic (exact) mass is 320 g/mol. The number of likely N-dealkylation sites (N-methyl/N-ethyl adjacent to an activating group) is 2. The van der Waals surface area contributed by atoms with E-state index in [4.69, 9.17) is 11.6 Å². The number of aromatic amines is 1. The topological polar surface area (TPSA) is 52.2 Å². The molecule has 5 nitrogen and oxygen atoms in total. The summed E-state index contributed by atoms with van der Waals surface area (Å²) in [4.78, 5) is 24.3. The fourth-order valence-electron chi connectivity index (χ4n) is 3.05. The maximum absolute atomic E-state index is 12.6. The average molecular weight is 321 g/mol. The molecule has 1 atom stereocenters. The molecular formula is C16H21ClN4O. The van der Waals surface area contributed by atoms with Gasteiger partial charge in [-0.1, -0.05) is 18.0 Å². The molecule has 2 heterocycles. The molecule has 1 fully saturated rings. The molecule has 118 valence electrons. The Bertz CT molecular complexity index is 684. The summed E-state index contributed by atoms with van der Waals surface area (Å²) in [6, 6.07) is 5.55. The smallest absolute Gasteiger partial charge is 0.240 e. The Kier molecular flexibility index (Phi) is 4.36. The summed E-state index contributed by atoms with van der Waals surface area (Å²) in [6.07, 6.45) is 3.24. The molecule has 0 saturated carbocycles. The Balaban J connectivity index is 1.71. The molecule has 22 heavy (non-hydrogen) atoms. The van der Waals surface area contributed by atoms with Crippen molar-refractivity contribution in [2.45, 2.75) is 31.8 Å². The van der Waals surface area contributed by atoms with E-state index in [1.54, 1.807) is 4.90 Å². The lowest BCUT2D eigenvalue weighted by Gasteiger charge is -2.33. The molecule has 2 aromatic rings. The number of nitrogens with one attached hydrogen (secondary N) is 1. The van der Waals surface area contributed by atoms with E-state index in [1.807, 2.05) is 32.3 Å². The number of likely N-dealkylation sites (tertiary alicyclic amines) is 1. The third-order valence-electron chi connectivity index (χ3n) is 4.31. The van der Waals surface area contributed by atoms with Crippen LogP contribution in [0, 0.1) is 0 Å². The largest absolute Gasteiger partial charge is 0.340 e. The Labute approximate surface area is 135 Å². The Morgan fingerprint density at radius 3 is 3.09 bits per heavy atom. The van der Waals surface area contributed by atoms with Crippen LogP contribution in [-0.2, 0) is 11.3 Å². The van der Waals surface area contributed by atoms with Crippen LogP contribution < -0.4 is 0 Å². The Morgan fingerprint density at radius 2 is 2.32 bits per heavy atom. The van der Waals surface area contributed by atoms with Crippen molar-refractivity contribution in [2.75, 3.05) is 20.6 Å². The SMILES string of the molecule is CN(Cc1nc2ccc(Cl)cc2[nH]1)C(=O)C1CCCCN1C. The molecule has 1 unspecified atom stereocenters. The minimum Gasteiger partial charge on any atom is -0.340 e. The standard InChI is InChI=1S/C16H21ClN4O/c1-20-8-4-3-5-14(20)16(22)21(2)10-15-18-12-7-6-11(17)9-13(12)19-15/h6-7,9,14H,3-5,8,10H2,1-2H3,(H,18,19). The maximum Gasteiger partial charge on any atom is 0.240 e. The summed E-state index contributed by atoms with van der Waals surface area (Å²) in [5, 5.41) is 0.677. The van der Waals surface area contributed by atoms with Gasteiger partial charge < -0.3 is 9.88 Å². The van der Waals surface area contributed by atoms with Gasteiger partial charge in [0.05, 0.1) is 23.6 Å². The van der Waals surface area contributed by atoms with Gasteiger partial charge in [0.1, 0.15) is 5.82 Å². The number of fused-ring (bicyclic) bond motifs is 1. The van der Waals surface area contributed by atoms with Crippen molar-refractivity contribution in [3.05, 3.63) is 29.0 Å². The number of carbonyl (C=O) groups excluding carboxylic acids is 1. The number of piperidine rings is 1. The third-order valence-corrected chi connectivity index (χ3v) is 4.55. The number of carbonyl (C=O) groups is 1. The van der Waals surface area contributed by atoms with Gasteiger partial charge in [-0.05, 0) is 44.6 Å². The van der Waals surface area contributed by atoms with Crippen LogP contribution in [0.1, 0.15) is 25.1 Å². The zero-order valence-electron chi connectivity index (χ0n) is 13.0. The molecule has 0 aliphatic carbocycles. The normalized spacial score (nSPS) is 19.5. The lowest BCUT2D eigenvalue weighted by molar-refractivity contribution is -0.136. The molecule has 0 bridgehead atoms. The highest BCUT2D eigenvalue weighted by molar-refractivity contribution is 6.31. The number of aromatic nitrogens is 2. The van der Waals surface area contributed by atoms with E-state index in [0.717, 1.165) is 36.2 Å². The average Bonchev–Trinajstić information content (AvgIpc) is 2.88. The van der Waals surface area contributed by atoms with Crippen LogP contribution in [-0.4, -0.2) is 52.4 Å². The summed E-state index contributed by atoms with van der Waals surface area (Å²) < 4.78 is 0. The second kappa shape index (κ2) is 6.26. The summed E-state index contributed by atoms with van der Waals surface area (Å²) >= 11 is 5.98. The molecule has 6 heteroatoms. The number of halogens is 1. The Hall–Kier alpha value is -1.59. The number of nitrogens with zero attached hydrogens (tertiary/aromatic N) is 3. The number of hydrogen-bond donors (Lipinski definition) is 1. The first-order chi connectivity index (χ1) is 10.5. The highest BCUT2D eigenvalue weighted by Gasteiger charge is 2.28. The molecule has 1 aliphatic rings. The fraction of sp³-hybridized carbons (Fsp3) is 0.500. The molecule has 0 spiro atoms. The van der Waals surface area contributed by atoms with Gasteiger partial charge in [0, 0.05) is 12.1 Å². The molecule has 1 N–H and O–H groups in total. The van der Waals surface area contributed by atoms with Crippen molar-refractivity contribution >= 4 is 28.5 Å². The Morgan fingerprint density at radius 1 is 1.50 bits per heavy atom. The highest BCUT2D eigenvalue weighted by Crippen LogP contribution is 2.19. The van der Waals surface area contributed by atoms with E-state index >= 15 is 0 Å². The molecule has 1 saturated heterocycles. The van der Waals surface area contributed by atoms with Crippen LogP contribution in [0.2, 0.25) is 5.02 Å². The van der Waals surface area contributed by atoms with Crippen LogP contribution in [0.4, 0.5) is 0 Å². The van der Waals surface area contributed by atoms with Crippen LogP contribution in [0.3, 0.4) is 0 Å². The van der Waals surface area contributed by atoms with Crippen molar-refractivity contribution in [1.29, 1.82) is 0 Å². The van der Waals surface area contributed by atoms with Gasteiger partial charge in [-0.25, -0.2) is 4.98 Å². The van der Waals surface area contributed by atoms with Gasteiger partial charge in [0.15, 0.2) is 0 Å². The first kappa shape index (κ1) is 15.3. The predicted molar refractivity (Wildman–Crippen MR) is 87.8 cm³/mol. The fourth-order valence-corrected chi connectivity index (χ4v) is 3.23. The second-order valence-corrected chi connectivity index (χ2v) is 6.47. The van der Waals surface area contributed by atoms with E-state index in [1.165, 1.54) is 6.42 Å². The molecule has 0 radical (unpaired) electrons. The van der Waals surface area contributed by atoms with E-state index in [-0.39, 0.29) is 11.9 Å². The number of rotatable bonds is 3. The lowest BCUT2D eigenvalue weighted by atomic mass is 10.0. The van der Waals surface area contributed by atoms with E-state index in [9.17, 15) is 4.79 Å². The summed E-state index contributed by atoms with van der Waals surface area (Å²) in [7, 11) is 3.86. The quantitative estimate of drug-likeness (QED) is 0.946. The number of imidazole rings is 1. The zero-order valence-corrected chi connectivity index (χ0v) is 13.7. The molecule has 1 amide bonds. The van der Waals surface area contributed by atoms with Gasteiger partial charge in [0.25, 0.3) is 0 Å². The van der Waals surface area contributed by atoms with E-state index < -0.39 is 0 Å². The maximum atomic E-state index is 12.6. The van der Waals surface area contributed by atoms with Crippen LogP contribution in [0.5, 0.6) is 0 Å². The van der Waals surface area contributed by atoms with Crippen LogP contribution in [0.25, 0.3) is 11.0 Å². The minimum atomic E-state index is -0.00225.